The lowest BCUT2D eigenvalue weighted by atomic mass is 10.1. The van der Waals surface area contributed by atoms with Crippen LogP contribution in [0.4, 0.5) is 5.69 Å². The van der Waals surface area contributed by atoms with Crippen LogP contribution in [-0.2, 0) is 16.1 Å². The molecule has 1 N–H and O–H groups in total. The van der Waals surface area contributed by atoms with Crippen molar-refractivity contribution in [3.8, 4) is 11.5 Å². The van der Waals surface area contributed by atoms with Crippen molar-refractivity contribution in [3.63, 3.8) is 0 Å². The first-order chi connectivity index (χ1) is 14.4. The lowest BCUT2D eigenvalue weighted by Gasteiger charge is -2.26. The quantitative estimate of drug-likeness (QED) is 0.602. The van der Waals surface area contributed by atoms with Crippen molar-refractivity contribution in [2.45, 2.75) is 49.4 Å². The molecule has 2 aromatic carbocycles. The Morgan fingerprint density at radius 1 is 1.13 bits per heavy atom. The fraction of sp³-hybridized carbons (Fsp3) is 0.391. The van der Waals surface area contributed by atoms with Gasteiger partial charge in [-0.05, 0) is 62.2 Å². The van der Waals surface area contributed by atoms with Crippen LogP contribution in [0.15, 0.2) is 47.4 Å². The van der Waals surface area contributed by atoms with Crippen molar-refractivity contribution >= 4 is 29.3 Å². The zero-order valence-electron chi connectivity index (χ0n) is 17.8. The maximum atomic E-state index is 13.3. The van der Waals surface area contributed by atoms with Crippen molar-refractivity contribution in [3.05, 3.63) is 48.0 Å². The molecule has 30 heavy (non-hydrogen) atoms. The predicted octanol–water partition coefficient (Wildman–Crippen LogP) is 4.33. The van der Waals surface area contributed by atoms with E-state index in [1.54, 1.807) is 14.2 Å². The highest BCUT2D eigenvalue weighted by Crippen LogP contribution is 2.34. The minimum absolute atomic E-state index is 0.105. The number of nitrogens with one attached hydrogen (secondary N) is 1. The Bertz CT molecular complexity index is 897. The Labute approximate surface area is 181 Å². The van der Waals surface area contributed by atoms with E-state index in [0.29, 0.717) is 6.54 Å². The smallest absolute Gasteiger partial charge is 0.236 e. The van der Waals surface area contributed by atoms with Crippen LogP contribution in [0.3, 0.4) is 0 Å². The highest BCUT2D eigenvalue weighted by Gasteiger charge is 2.35. The number of hydrogen-bond donors (Lipinski definition) is 1. The average Bonchev–Trinajstić information content (AvgIpc) is 3.57. The van der Waals surface area contributed by atoms with Gasteiger partial charge in [0, 0.05) is 35.7 Å². The molecule has 0 radical (unpaired) electrons. The summed E-state index contributed by atoms with van der Waals surface area (Å²) < 4.78 is 10.8. The van der Waals surface area contributed by atoms with Gasteiger partial charge in [-0.25, -0.2) is 0 Å². The predicted molar refractivity (Wildman–Crippen MR) is 119 cm³/mol. The molecule has 7 heteroatoms. The summed E-state index contributed by atoms with van der Waals surface area (Å²) in [4.78, 5) is 27.4. The number of amides is 2. The lowest BCUT2D eigenvalue weighted by molar-refractivity contribution is -0.131. The van der Waals surface area contributed by atoms with E-state index in [1.165, 1.54) is 18.7 Å². The molecule has 0 saturated heterocycles. The second-order valence-corrected chi connectivity index (χ2v) is 8.75. The minimum Gasteiger partial charge on any atom is -0.497 e. The standard InChI is InChI=1S/C23H28N2O4S/c1-15(30-21-10-5-18(6-11-21)24-16(2)26)23(27)25(19-7-8-19)14-17-13-20(28-3)9-12-22(17)29-4/h5-6,9-13,15,19H,7-8,14H2,1-4H3,(H,24,26). The highest BCUT2D eigenvalue weighted by atomic mass is 32.2. The topological polar surface area (TPSA) is 67.9 Å². The molecule has 0 aliphatic heterocycles. The first kappa shape index (κ1) is 22.0. The van der Waals surface area contributed by atoms with E-state index in [1.807, 2.05) is 54.3 Å². The van der Waals surface area contributed by atoms with Gasteiger partial charge < -0.3 is 19.7 Å². The molecule has 1 atom stereocenters. The SMILES string of the molecule is COc1ccc(OC)c(CN(C(=O)C(C)Sc2ccc(NC(C)=O)cc2)C2CC2)c1. The summed E-state index contributed by atoms with van der Waals surface area (Å²) in [6, 6.07) is 13.5. The zero-order valence-corrected chi connectivity index (χ0v) is 18.6. The molecule has 1 saturated carbocycles. The van der Waals surface area contributed by atoms with Gasteiger partial charge in [-0.15, -0.1) is 11.8 Å². The van der Waals surface area contributed by atoms with Crippen LogP contribution >= 0.6 is 11.8 Å². The van der Waals surface area contributed by atoms with Gasteiger partial charge in [-0.2, -0.15) is 0 Å². The first-order valence-corrected chi connectivity index (χ1v) is 10.8. The van der Waals surface area contributed by atoms with Crippen LogP contribution in [-0.4, -0.2) is 42.2 Å². The fourth-order valence-electron chi connectivity index (χ4n) is 3.27. The van der Waals surface area contributed by atoms with Crippen LogP contribution in [0.1, 0.15) is 32.3 Å². The molecular weight excluding hydrogens is 400 g/mol. The lowest BCUT2D eigenvalue weighted by Crippen LogP contribution is -2.37. The van der Waals surface area contributed by atoms with E-state index in [9.17, 15) is 9.59 Å². The summed E-state index contributed by atoms with van der Waals surface area (Å²) in [5.41, 5.74) is 1.68. The van der Waals surface area contributed by atoms with Gasteiger partial charge in [-0.1, -0.05) is 0 Å². The molecule has 160 valence electrons. The molecular formula is C23H28N2O4S. The monoisotopic (exact) mass is 428 g/mol. The number of methoxy groups -OCH3 is 2. The Morgan fingerprint density at radius 2 is 1.83 bits per heavy atom. The molecule has 0 bridgehead atoms. The van der Waals surface area contributed by atoms with Crippen LogP contribution in [0.5, 0.6) is 11.5 Å². The molecule has 1 unspecified atom stereocenters. The van der Waals surface area contributed by atoms with Crippen molar-refractivity contribution in [2.75, 3.05) is 19.5 Å². The van der Waals surface area contributed by atoms with Gasteiger partial charge in [0.2, 0.25) is 11.8 Å². The molecule has 2 amide bonds. The van der Waals surface area contributed by atoms with Crippen molar-refractivity contribution in [1.29, 1.82) is 0 Å². The number of carbonyl (C=O) groups excluding carboxylic acids is 2. The van der Waals surface area contributed by atoms with E-state index < -0.39 is 0 Å². The molecule has 0 heterocycles. The van der Waals surface area contributed by atoms with Crippen LogP contribution in [0, 0.1) is 0 Å². The molecule has 0 aromatic heterocycles. The Hall–Kier alpha value is -2.67. The van der Waals surface area contributed by atoms with Gasteiger partial charge in [0.1, 0.15) is 11.5 Å². The normalized spacial score (nSPS) is 14.0. The zero-order chi connectivity index (χ0) is 21.7. The van der Waals surface area contributed by atoms with Crippen LogP contribution in [0.2, 0.25) is 0 Å². The molecule has 2 aromatic rings. The third-order valence-electron chi connectivity index (χ3n) is 4.93. The van der Waals surface area contributed by atoms with Gasteiger partial charge in [0.25, 0.3) is 0 Å². The number of nitrogens with zero attached hydrogens (tertiary/aromatic N) is 1. The van der Waals surface area contributed by atoms with Crippen molar-refractivity contribution in [1.82, 2.24) is 4.90 Å². The summed E-state index contributed by atoms with van der Waals surface area (Å²) in [7, 11) is 3.27. The third kappa shape index (κ3) is 5.69. The highest BCUT2D eigenvalue weighted by molar-refractivity contribution is 8.00. The molecule has 1 aliphatic carbocycles. The number of rotatable bonds is 9. The molecule has 3 rings (SSSR count). The van der Waals surface area contributed by atoms with Gasteiger partial charge in [0.15, 0.2) is 0 Å². The maximum Gasteiger partial charge on any atom is 0.236 e. The fourth-order valence-corrected chi connectivity index (χ4v) is 4.21. The summed E-state index contributed by atoms with van der Waals surface area (Å²) in [6.07, 6.45) is 2.06. The number of ether oxygens (including phenoxy) is 2. The van der Waals surface area contributed by atoms with Crippen LogP contribution < -0.4 is 14.8 Å². The van der Waals surface area contributed by atoms with E-state index in [-0.39, 0.29) is 23.1 Å². The molecule has 0 spiro atoms. The minimum atomic E-state index is -0.228. The number of thioether (sulfide) groups is 1. The first-order valence-electron chi connectivity index (χ1n) is 9.97. The Kier molecular flexibility index (Phi) is 7.26. The average molecular weight is 429 g/mol. The van der Waals surface area contributed by atoms with Gasteiger partial charge >= 0.3 is 0 Å². The Morgan fingerprint density at radius 3 is 2.40 bits per heavy atom. The largest absolute Gasteiger partial charge is 0.497 e. The second-order valence-electron chi connectivity index (χ2n) is 7.34. The second kappa shape index (κ2) is 9.89. The summed E-state index contributed by atoms with van der Waals surface area (Å²) in [5, 5.41) is 2.52. The van der Waals surface area contributed by atoms with Crippen LogP contribution in [0.25, 0.3) is 0 Å². The summed E-state index contributed by atoms with van der Waals surface area (Å²) in [6.45, 7) is 3.91. The van der Waals surface area contributed by atoms with Gasteiger partial charge in [-0.3, -0.25) is 9.59 Å². The van der Waals surface area contributed by atoms with Crippen molar-refractivity contribution in [2.24, 2.45) is 0 Å². The number of hydrogen-bond acceptors (Lipinski definition) is 5. The summed E-state index contributed by atoms with van der Waals surface area (Å²) in [5.74, 6) is 1.50. The molecule has 1 aliphatic rings. The van der Waals surface area contributed by atoms with Crippen molar-refractivity contribution < 1.29 is 19.1 Å². The maximum absolute atomic E-state index is 13.3. The van der Waals surface area contributed by atoms with Gasteiger partial charge in [0.05, 0.1) is 19.5 Å². The Balaban J connectivity index is 1.70. The number of anilines is 1. The third-order valence-corrected chi connectivity index (χ3v) is 6.03. The summed E-state index contributed by atoms with van der Waals surface area (Å²) >= 11 is 1.52. The van der Waals surface area contributed by atoms with E-state index in [4.69, 9.17) is 9.47 Å². The van der Waals surface area contributed by atoms with E-state index in [2.05, 4.69) is 5.32 Å². The van der Waals surface area contributed by atoms with E-state index in [0.717, 1.165) is 40.5 Å². The number of carbonyl (C=O) groups is 2. The number of benzene rings is 2. The van der Waals surface area contributed by atoms with E-state index >= 15 is 0 Å². The molecule has 1 fully saturated rings. The molecule has 6 nitrogen and oxygen atoms in total.